The molecule has 1 amide bonds. The minimum absolute atomic E-state index is 0.0211. The van der Waals surface area contributed by atoms with Gasteiger partial charge in [0.1, 0.15) is 0 Å². The molecule has 0 saturated carbocycles. The normalized spacial score (nSPS) is 11.6. The monoisotopic (exact) mass is 263 g/mol. The number of rotatable bonds is 4. The molecule has 6 nitrogen and oxygen atoms in total. The Balaban J connectivity index is 3.01. The van der Waals surface area contributed by atoms with Crippen molar-refractivity contribution < 1.29 is 14.7 Å². The molecular weight excluding hydrogens is 246 g/mol. The number of pyridine rings is 1. The van der Waals surface area contributed by atoms with E-state index in [2.05, 4.69) is 10.3 Å². The minimum atomic E-state index is -1.10. The van der Waals surface area contributed by atoms with Crippen molar-refractivity contribution in [3.05, 3.63) is 29.6 Å². The van der Waals surface area contributed by atoms with Crippen LogP contribution in [0.4, 0.5) is 11.4 Å². The van der Waals surface area contributed by atoms with E-state index in [1.54, 1.807) is 12.3 Å². The molecule has 19 heavy (non-hydrogen) atoms. The molecule has 0 aliphatic heterocycles. The van der Waals surface area contributed by atoms with Gasteiger partial charge in [-0.15, -0.1) is 0 Å². The van der Waals surface area contributed by atoms with E-state index in [4.69, 9.17) is 5.11 Å². The van der Waals surface area contributed by atoms with E-state index in [0.29, 0.717) is 5.69 Å². The number of hydrogen-bond donors (Lipinski definition) is 2. The number of carboxylic acid groups (broad SMARTS) is 1. The predicted molar refractivity (Wildman–Crippen MR) is 73.2 cm³/mol. The predicted octanol–water partition coefficient (Wildman–Crippen LogP) is 1.51. The Morgan fingerprint density at radius 3 is 2.42 bits per heavy atom. The average molecular weight is 263 g/mol. The van der Waals surface area contributed by atoms with Crippen LogP contribution >= 0.6 is 0 Å². The number of nitrogens with one attached hydrogen (secondary N) is 1. The second-order valence-corrected chi connectivity index (χ2v) is 4.30. The van der Waals surface area contributed by atoms with Gasteiger partial charge in [0.05, 0.1) is 17.6 Å². The van der Waals surface area contributed by atoms with Crippen molar-refractivity contribution >= 4 is 23.3 Å². The fourth-order valence-corrected chi connectivity index (χ4v) is 1.42. The standard InChI is InChI=1S/C13H17N3O3/c1-8(9(2)13(18)19)12(17)15-10-7-14-6-5-11(10)16(3)4/h5-7H,1-4H3,(H,15,17)(H,18,19). The van der Waals surface area contributed by atoms with Gasteiger partial charge >= 0.3 is 5.97 Å². The summed E-state index contributed by atoms with van der Waals surface area (Å²) in [5.74, 6) is -1.55. The van der Waals surface area contributed by atoms with Crippen LogP contribution in [0.15, 0.2) is 29.6 Å². The van der Waals surface area contributed by atoms with Crippen molar-refractivity contribution in [2.45, 2.75) is 13.8 Å². The summed E-state index contributed by atoms with van der Waals surface area (Å²) in [6.07, 6.45) is 3.15. The maximum atomic E-state index is 12.0. The Morgan fingerprint density at radius 1 is 1.26 bits per heavy atom. The van der Waals surface area contributed by atoms with Crippen LogP contribution < -0.4 is 10.2 Å². The van der Waals surface area contributed by atoms with Crippen LogP contribution in [0.5, 0.6) is 0 Å². The number of aliphatic carboxylic acids is 1. The highest BCUT2D eigenvalue weighted by atomic mass is 16.4. The fourth-order valence-electron chi connectivity index (χ4n) is 1.42. The first-order valence-electron chi connectivity index (χ1n) is 5.68. The zero-order chi connectivity index (χ0) is 14.6. The highest BCUT2D eigenvalue weighted by molar-refractivity contribution is 6.09. The summed E-state index contributed by atoms with van der Waals surface area (Å²) in [5.41, 5.74) is 1.52. The lowest BCUT2D eigenvalue weighted by molar-refractivity contribution is -0.133. The second-order valence-electron chi connectivity index (χ2n) is 4.30. The lowest BCUT2D eigenvalue weighted by Crippen LogP contribution is -2.19. The topological polar surface area (TPSA) is 82.5 Å². The third-order valence-electron chi connectivity index (χ3n) is 2.75. The molecule has 1 rings (SSSR count). The molecule has 0 aromatic carbocycles. The third kappa shape index (κ3) is 3.54. The summed E-state index contributed by atoms with van der Waals surface area (Å²) in [6, 6.07) is 1.76. The van der Waals surface area contributed by atoms with Crippen molar-refractivity contribution in [1.82, 2.24) is 4.98 Å². The summed E-state index contributed by atoms with van der Waals surface area (Å²) in [7, 11) is 3.69. The summed E-state index contributed by atoms with van der Waals surface area (Å²) in [6.45, 7) is 2.87. The van der Waals surface area contributed by atoms with Crippen molar-refractivity contribution in [3.63, 3.8) is 0 Å². The maximum absolute atomic E-state index is 12.0. The van der Waals surface area contributed by atoms with Crippen molar-refractivity contribution in [3.8, 4) is 0 Å². The van der Waals surface area contributed by atoms with E-state index in [0.717, 1.165) is 5.69 Å². The molecule has 0 radical (unpaired) electrons. The number of nitrogens with zero attached hydrogens (tertiary/aromatic N) is 2. The molecule has 2 N–H and O–H groups in total. The average Bonchev–Trinajstić information content (AvgIpc) is 2.37. The van der Waals surface area contributed by atoms with Gasteiger partial charge in [0.25, 0.3) is 5.91 Å². The second kappa shape index (κ2) is 5.99. The Bertz CT molecular complexity index is 536. The summed E-state index contributed by atoms with van der Waals surface area (Å²) in [4.78, 5) is 28.5. The van der Waals surface area contributed by atoms with Gasteiger partial charge < -0.3 is 15.3 Å². The summed E-state index contributed by atoms with van der Waals surface area (Å²) >= 11 is 0. The molecule has 0 unspecified atom stereocenters. The van der Waals surface area contributed by atoms with Crippen molar-refractivity contribution in [2.75, 3.05) is 24.3 Å². The molecule has 0 aliphatic rings. The quantitative estimate of drug-likeness (QED) is 0.804. The highest BCUT2D eigenvalue weighted by Crippen LogP contribution is 2.22. The molecule has 0 saturated heterocycles. The van der Waals surface area contributed by atoms with Gasteiger partial charge in [0, 0.05) is 31.4 Å². The molecule has 102 valence electrons. The van der Waals surface area contributed by atoms with E-state index in [-0.39, 0.29) is 11.1 Å². The zero-order valence-corrected chi connectivity index (χ0v) is 11.4. The molecule has 1 heterocycles. The van der Waals surface area contributed by atoms with Gasteiger partial charge in [0.15, 0.2) is 0 Å². The lowest BCUT2D eigenvalue weighted by Gasteiger charge is -2.17. The van der Waals surface area contributed by atoms with E-state index < -0.39 is 11.9 Å². The fraction of sp³-hybridized carbons (Fsp3) is 0.308. The van der Waals surface area contributed by atoms with Crippen LogP contribution in [0.1, 0.15) is 13.8 Å². The van der Waals surface area contributed by atoms with Crippen LogP contribution in [0.25, 0.3) is 0 Å². The van der Waals surface area contributed by atoms with E-state index in [9.17, 15) is 9.59 Å². The van der Waals surface area contributed by atoms with Crippen LogP contribution in [-0.4, -0.2) is 36.1 Å². The molecule has 0 spiro atoms. The molecule has 0 atom stereocenters. The minimum Gasteiger partial charge on any atom is -0.478 e. The SMILES string of the molecule is CC(C(=O)O)=C(C)C(=O)Nc1cnccc1N(C)C. The first-order chi connectivity index (χ1) is 8.84. The van der Waals surface area contributed by atoms with E-state index >= 15 is 0 Å². The number of aromatic nitrogens is 1. The van der Waals surface area contributed by atoms with Crippen molar-refractivity contribution in [2.24, 2.45) is 0 Å². The molecule has 6 heteroatoms. The van der Waals surface area contributed by atoms with Crippen LogP contribution in [-0.2, 0) is 9.59 Å². The smallest absolute Gasteiger partial charge is 0.331 e. The third-order valence-corrected chi connectivity index (χ3v) is 2.75. The summed E-state index contributed by atoms with van der Waals surface area (Å²) in [5, 5.41) is 11.5. The number of anilines is 2. The maximum Gasteiger partial charge on any atom is 0.331 e. The molecule has 0 aliphatic carbocycles. The highest BCUT2D eigenvalue weighted by Gasteiger charge is 2.14. The van der Waals surface area contributed by atoms with Gasteiger partial charge in [-0.25, -0.2) is 4.79 Å². The zero-order valence-electron chi connectivity index (χ0n) is 11.4. The first-order valence-corrected chi connectivity index (χ1v) is 5.68. The van der Waals surface area contributed by atoms with Crippen molar-refractivity contribution in [1.29, 1.82) is 0 Å². The molecule has 1 aromatic rings. The van der Waals surface area contributed by atoms with Crippen LogP contribution in [0, 0.1) is 0 Å². The lowest BCUT2D eigenvalue weighted by atomic mass is 10.1. The van der Waals surface area contributed by atoms with Gasteiger partial charge in [-0.2, -0.15) is 0 Å². The molecule has 0 fully saturated rings. The number of carbonyl (C=O) groups excluding carboxylic acids is 1. The number of hydrogen-bond acceptors (Lipinski definition) is 4. The number of carbonyl (C=O) groups is 2. The molecule has 1 aromatic heterocycles. The summed E-state index contributed by atoms with van der Waals surface area (Å²) < 4.78 is 0. The molecular formula is C13H17N3O3. The Hall–Kier alpha value is -2.37. The largest absolute Gasteiger partial charge is 0.478 e. The van der Waals surface area contributed by atoms with Gasteiger partial charge in [-0.05, 0) is 19.9 Å². The number of amides is 1. The van der Waals surface area contributed by atoms with Gasteiger partial charge in [-0.1, -0.05) is 0 Å². The van der Waals surface area contributed by atoms with Crippen LogP contribution in [0.2, 0.25) is 0 Å². The van der Waals surface area contributed by atoms with E-state index in [1.807, 2.05) is 19.0 Å². The Morgan fingerprint density at radius 2 is 1.89 bits per heavy atom. The molecule has 0 bridgehead atoms. The van der Waals surface area contributed by atoms with Gasteiger partial charge in [0.2, 0.25) is 0 Å². The Kier molecular flexibility index (Phi) is 4.63. The van der Waals surface area contributed by atoms with Crippen LogP contribution in [0.3, 0.4) is 0 Å². The van der Waals surface area contributed by atoms with Gasteiger partial charge in [-0.3, -0.25) is 9.78 Å². The Labute approximate surface area is 111 Å². The van der Waals surface area contributed by atoms with E-state index in [1.165, 1.54) is 20.0 Å². The first kappa shape index (κ1) is 14.7. The number of carboxylic acids is 1.